The van der Waals surface area contributed by atoms with E-state index in [1.54, 1.807) is 18.2 Å². The molecule has 0 unspecified atom stereocenters. The molecule has 0 aromatic heterocycles. The quantitative estimate of drug-likeness (QED) is 0.538. The number of hydrogen-bond acceptors (Lipinski definition) is 5. The van der Waals surface area contributed by atoms with Crippen LogP contribution in [0.25, 0.3) is 0 Å². The lowest BCUT2D eigenvalue weighted by Gasteiger charge is -2.31. The summed E-state index contributed by atoms with van der Waals surface area (Å²) in [6.45, 7) is 3.70. The molecule has 0 fully saturated rings. The van der Waals surface area contributed by atoms with E-state index in [-0.39, 0.29) is 36.1 Å². The summed E-state index contributed by atoms with van der Waals surface area (Å²) in [5.41, 5.74) is 4.99. The van der Waals surface area contributed by atoms with Crippen molar-refractivity contribution in [3.8, 4) is 0 Å². The fourth-order valence-corrected chi connectivity index (χ4v) is 4.79. The SMILES string of the molecule is CCC(CC)(CN)NS(=O)(=O)CCNS(=O)(=O)c1ccccc1.Cl. The maximum absolute atomic E-state index is 12.1. The summed E-state index contributed by atoms with van der Waals surface area (Å²) in [4.78, 5) is 0.101. The van der Waals surface area contributed by atoms with Crippen LogP contribution in [0.5, 0.6) is 0 Å². The number of halogens is 1. The molecule has 0 heterocycles. The molecule has 1 rings (SSSR count). The maximum atomic E-state index is 12.1. The Morgan fingerprint density at radius 2 is 1.58 bits per heavy atom. The third-order valence-corrected chi connectivity index (χ3v) is 6.80. The minimum Gasteiger partial charge on any atom is -0.329 e. The normalized spacial score (nSPS) is 12.6. The Labute approximate surface area is 150 Å². The third-order valence-electron chi connectivity index (χ3n) is 3.83. The van der Waals surface area contributed by atoms with E-state index in [0.29, 0.717) is 12.8 Å². The second-order valence-electron chi connectivity index (χ2n) is 5.32. The highest BCUT2D eigenvalue weighted by Gasteiger charge is 2.29. The van der Waals surface area contributed by atoms with E-state index < -0.39 is 25.6 Å². The zero-order valence-corrected chi connectivity index (χ0v) is 16.3. The smallest absolute Gasteiger partial charge is 0.240 e. The van der Waals surface area contributed by atoms with Gasteiger partial charge in [0.25, 0.3) is 0 Å². The zero-order chi connectivity index (χ0) is 17.6. The monoisotopic (exact) mass is 399 g/mol. The number of hydrogen-bond donors (Lipinski definition) is 3. The number of benzene rings is 1. The Morgan fingerprint density at radius 1 is 1.04 bits per heavy atom. The lowest BCUT2D eigenvalue weighted by atomic mass is 9.95. The molecule has 0 atom stereocenters. The predicted molar refractivity (Wildman–Crippen MR) is 98.2 cm³/mol. The molecule has 24 heavy (non-hydrogen) atoms. The Kier molecular flexibility index (Phi) is 9.40. The summed E-state index contributed by atoms with van der Waals surface area (Å²) in [6.07, 6.45) is 1.13. The van der Waals surface area contributed by atoms with Gasteiger partial charge in [0.2, 0.25) is 20.0 Å². The Bertz CT molecular complexity index is 682. The molecule has 0 bridgehead atoms. The van der Waals surface area contributed by atoms with Crippen molar-refractivity contribution in [2.45, 2.75) is 37.1 Å². The van der Waals surface area contributed by atoms with Gasteiger partial charge in [-0.3, -0.25) is 0 Å². The highest BCUT2D eigenvalue weighted by atomic mass is 35.5. The fourth-order valence-electron chi connectivity index (χ4n) is 2.10. The van der Waals surface area contributed by atoms with Gasteiger partial charge < -0.3 is 5.73 Å². The zero-order valence-electron chi connectivity index (χ0n) is 13.9. The van der Waals surface area contributed by atoms with Crippen LogP contribution in [0, 0.1) is 0 Å². The molecular weight excluding hydrogens is 374 g/mol. The van der Waals surface area contributed by atoms with Gasteiger partial charge in [0.1, 0.15) is 0 Å². The van der Waals surface area contributed by atoms with E-state index >= 15 is 0 Å². The van der Waals surface area contributed by atoms with Crippen LogP contribution < -0.4 is 15.2 Å². The first-order chi connectivity index (χ1) is 10.7. The molecule has 0 saturated heterocycles. The summed E-state index contributed by atoms with van der Waals surface area (Å²) in [7, 11) is -7.35. The van der Waals surface area contributed by atoms with E-state index in [1.165, 1.54) is 12.1 Å². The highest BCUT2D eigenvalue weighted by Crippen LogP contribution is 2.15. The first-order valence-electron chi connectivity index (χ1n) is 7.47. The molecule has 1 aromatic carbocycles. The Morgan fingerprint density at radius 3 is 2.04 bits per heavy atom. The molecule has 0 aliphatic rings. The number of sulfonamides is 2. The molecule has 0 aliphatic heterocycles. The van der Waals surface area contributed by atoms with Crippen molar-refractivity contribution in [3.05, 3.63) is 30.3 Å². The van der Waals surface area contributed by atoms with Crippen molar-refractivity contribution >= 4 is 32.5 Å². The van der Waals surface area contributed by atoms with Gasteiger partial charge in [0.05, 0.1) is 10.6 Å². The van der Waals surface area contributed by atoms with Crippen LogP contribution in [-0.2, 0) is 20.0 Å². The van der Waals surface area contributed by atoms with E-state index in [2.05, 4.69) is 9.44 Å². The molecular formula is C14H26ClN3O4S2. The predicted octanol–water partition coefficient (Wildman–Crippen LogP) is 0.824. The second-order valence-corrected chi connectivity index (χ2v) is 8.93. The summed E-state index contributed by atoms with van der Waals surface area (Å²) < 4.78 is 53.2. The van der Waals surface area contributed by atoms with Gasteiger partial charge in [0.15, 0.2) is 0 Å². The standard InChI is InChI=1S/C14H25N3O4S2.ClH/c1-3-14(4-2,12-15)17-22(18,19)11-10-16-23(20,21)13-8-6-5-7-9-13;/h5-9,16-17H,3-4,10-12,15H2,1-2H3;1H. The first kappa shape index (κ1) is 23.3. The average Bonchev–Trinajstić information content (AvgIpc) is 2.53. The molecule has 0 saturated carbocycles. The van der Waals surface area contributed by atoms with Crippen molar-refractivity contribution in [3.63, 3.8) is 0 Å². The van der Waals surface area contributed by atoms with Gasteiger partial charge in [0, 0.05) is 18.6 Å². The first-order valence-corrected chi connectivity index (χ1v) is 10.6. The van der Waals surface area contributed by atoms with Crippen molar-refractivity contribution in [1.82, 2.24) is 9.44 Å². The molecule has 0 spiro atoms. The summed E-state index contributed by atoms with van der Waals surface area (Å²) >= 11 is 0. The molecule has 140 valence electrons. The van der Waals surface area contributed by atoms with Crippen LogP contribution in [0.15, 0.2) is 35.2 Å². The second kappa shape index (κ2) is 9.69. The van der Waals surface area contributed by atoms with Gasteiger partial charge in [-0.05, 0) is 25.0 Å². The minimum atomic E-state index is -3.71. The number of nitrogens with one attached hydrogen (secondary N) is 2. The minimum absolute atomic E-state index is 0. The molecule has 0 aliphatic carbocycles. The summed E-state index contributed by atoms with van der Waals surface area (Å²) in [5.74, 6) is -0.346. The number of rotatable bonds is 10. The van der Waals surface area contributed by atoms with Crippen LogP contribution in [0.2, 0.25) is 0 Å². The highest BCUT2D eigenvalue weighted by molar-refractivity contribution is 7.90. The van der Waals surface area contributed by atoms with Crippen LogP contribution in [0.3, 0.4) is 0 Å². The van der Waals surface area contributed by atoms with Gasteiger partial charge in [-0.2, -0.15) is 0 Å². The van der Waals surface area contributed by atoms with Crippen molar-refractivity contribution in [2.75, 3.05) is 18.8 Å². The fraction of sp³-hybridized carbons (Fsp3) is 0.571. The van der Waals surface area contributed by atoms with Crippen LogP contribution in [-0.4, -0.2) is 41.2 Å². The van der Waals surface area contributed by atoms with Crippen molar-refractivity contribution < 1.29 is 16.8 Å². The lowest BCUT2D eigenvalue weighted by molar-refractivity contribution is 0.363. The van der Waals surface area contributed by atoms with Gasteiger partial charge >= 0.3 is 0 Å². The van der Waals surface area contributed by atoms with Crippen LogP contribution in [0.4, 0.5) is 0 Å². The molecule has 0 radical (unpaired) electrons. The molecule has 7 nitrogen and oxygen atoms in total. The Hall–Kier alpha value is -0.710. The molecule has 10 heteroatoms. The van der Waals surface area contributed by atoms with E-state index in [9.17, 15) is 16.8 Å². The van der Waals surface area contributed by atoms with E-state index in [0.717, 1.165) is 0 Å². The number of nitrogens with two attached hydrogens (primary N) is 1. The molecule has 0 amide bonds. The van der Waals surface area contributed by atoms with E-state index in [4.69, 9.17) is 5.73 Å². The largest absolute Gasteiger partial charge is 0.329 e. The maximum Gasteiger partial charge on any atom is 0.240 e. The summed E-state index contributed by atoms with van der Waals surface area (Å²) in [5, 5.41) is 0. The lowest BCUT2D eigenvalue weighted by Crippen LogP contribution is -2.54. The topological polar surface area (TPSA) is 118 Å². The van der Waals surface area contributed by atoms with Gasteiger partial charge in [-0.15, -0.1) is 12.4 Å². The van der Waals surface area contributed by atoms with Crippen molar-refractivity contribution in [1.29, 1.82) is 0 Å². The average molecular weight is 400 g/mol. The third kappa shape index (κ3) is 6.66. The van der Waals surface area contributed by atoms with Gasteiger partial charge in [-0.25, -0.2) is 26.3 Å². The molecule has 1 aromatic rings. The summed E-state index contributed by atoms with van der Waals surface area (Å²) in [6, 6.07) is 7.80. The van der Waals surface area contributed by atoms with Crippen LogP contribution >= 0.6 is 12.4 Å². The van der Waals surface area contributed by atoms with Crippen LogP contribution in [0.1, 0.15) is 26.7 Å². The Balaban J connectivity index is 0.00000529. The molecule has 4 N–H and O–H groups in total. The van der Waals surface area contributed by atoms with Crippen molar-refractivity contribution in [2.24, 2.45) is 5.73 Å². The van der Waals surface area contributed by atoms with Gasteiger partial charge in [-0.1, -0.05) is 32.0 Å². The van der Waals surface area contributed by atoms with E-state index in [1.807, 2.05) is 13.8 Å².